The first-order valence-electron chi connectivity index (χ1n) is 7.01. The Morgan fingerprint density at radius 1 is 1.29 bits per heavy atom. The number of hydrogen-bond donors (Lipinski definition) is 1. The standard InChI is InChI=1S/C14H30N2O/c1-11(2)14-10-13(7-9-17-14)15-12(3)6-8-16(4)5/h11-15H,6-10H2,1-5H3. The first kappa shape index (κ1) is 14.9. The summed E-state index contributed by atoms with van der Waals surface area (Å²) in [4.78, 5) is 2.25. The van der Waals surface area contributed by atoms with Gasteiger partial charge in [-0.1, -0.05) is 13.8 Å². The lowest BCUT2D eigenvalue weighted by molar-refractivity contribution is -0.0258. The lowest BCUT2D eigenvalue weighted by atomic mass is 9.95. The molecule has 0 saturated carbocycles. The minimum Gasteiger partial charge on any atom is -0.378 e. The Morgan fingerprint density at radius 3 is 2.59 bits per heavy atom. The molecule has 102 valence electrons. The second-order valence-electron chi connectivity index (χ2n) is 6.03. The van der Waals surface area contributed by atoms with Gasteiger partial charge in [0.25, 0.3) is 0 Å². The summed E-state index contributed by atoms with van der Waals surface area (Å²) in [6.45, 7) is 8.88. The molecule has 3 unspecified atom stereocenters. The summed E-state index contributed by atoms with van der Waals surface area (Å²) < 4.78 is 5.80. The zero-order valence-electron chi connectivity index (χ0n) is 12.2. The van der Waals surface area contributed by atoms with E-state index in [2.05, 4.69) is 45.1 Å². The van der Waals surface area contributed by atoms with Crippen LogP contribution in [-0.2, 0) is 4.74 Å². The van der Waals surface area contributed by atoms with Crippen LogP contribution in [0.5, 0.6) is 0 Å². The molecule has 1 N–H and O–H groups in total. The number of rotatable bonds is 6. The Labute approximate surface area is 107 Å². The first-order valence-corrected chi connectivity index (χ1v) is 7.01. The maximum atomic E-state index is 5.80. The van der Waals surface area contributed by atoms with Gasteiger partial charge in [0, 0.05) is 18.7 Å². The van der Waals surface area contributed by atoms with Crippen molar-refractivity contribution < 1.29 is 4.74 Å². The third kappa shape index (κ3) is 5.84. The fourth-order valence-corrected chi connectivity index (χ4v) is 2.38. The summed E-state index contributed by atoms with van der Waals surface area (Å²) in [6.07, 6.45) is 4.00. The quantitative estimate of drug-likeness (QED) is 0.772. The summed E-state index contributed by atoms with van der Waals surface area (Å²) in [5.41, 5.74) is 0. The Kier molecular flexibility index (Phi) is 6.45. The molecule has 0 spiro atoms. The molecule has 3 nitrogen and oxygen atoms in total. The van der Waals surface area contributed by atoms with Crippen LogP contribution in [0.3, 0.4) is 0 Å². The Hall–Kier alpha value is -0.120. The molecule has 0 aromatic heterocycles. The van der Waals surface area contributed by atoms with Crippen LogP contribution in [0.2, 0.25) is 0 Å². The van der Waals surface area contributed by atoms with E-state index in [0.717, 1.165) is 19.6 Å². The van der Waals surface area contributed by atoms with Crippen LogP contribution in [0.1, 0.15) is 40.0 Å². The fourth-order valence-electron chi connectivity index (χ4n) is 2.38. The van der Waals surface area contributed by atoms with Crippen molar-refractivity contribution in [1.29, 1.82) is 0 Å². The van der Waals surface area contributed by atoms with Crippen molar-refractivity contribution in [2.45, 2.75) is 58.2 Å². The highest BCUT2D eigenvalue weighted by molar-refractivity contribution is 4.80. The van der Waals surface area contributed by atoms with Crippen LogP contribution in [-0.4, -0.2) is 50.3 Å². The van der Waals surface area contributed by atoms with E-state index in [1.807, 2.05) is 0 Å². The van der Waals surface area contributed by atoms with Crippen molar-refractivity contribution in [3.63, 3.8) is 0 Å². The highest BCUT2D eigenvalue weighted by Crippen LogP contribution is 2.20. The van der Waals surface area contributed by atoms with Crippen LogP contribution in [0.25, 0.3) is 0 Å². The summed E-state index contributed by atoms with van der Waals surface area (Å²) in [6, 6.07) is 1.25. The van der Waals surface area contributed by atoms with Gasteiger partial charge in [0.15, 0.2) is 0 Å². The van der Waals surface area contributed by atoms with Crippen LogP contribution < -0.4 is 5.32 Å². The van der Waals surface area contributed by atoms with Gasteiger partial charge in [-0.15, -0.1) is 0 Å². The van der Waals surface area contributed by atoms with E-state index in [1.165, 1.54) is 12.8 Å². The SMILES string of the molecule is CC(CCN(C)C)NC1CCOC(C(C)C)C1. The molecule has 0 radical (unpaired) electrons. The van der Waals surface area contributed by atoms with Gasteiger partial charge in [-0.25, -0.2) is 0 Å². The number of ether oxygens (including phenoxy) is 1. The third-order valence-electron chi connectivity index (χ3n) is 3.59. The molecular weight excluding hydrogens is 212 g/mol. The summed E-state index contributed by atoms with van der Waals surface area (Å²) >= 11 is 0. The highest BCUT2D eigenvalue weighted by atomic mass is 16.5. The molecule has 3 atom stereocenters. The minimum absolute atomic E-state index is 0.447. The lowest BCUT2D eigenvalue weighted by Crippen LogP contribution is -2.45. The average Bonchev–Trinajstić information content (AvgIpc) is 2.26. The molecule has 1 heterocycles. The lowest BCUT2D eigenvalue weighted by Gasteiger charge is -2.34. The van der Waals surface area contributed by atoms with Crippen LogP contribution in [0.15, 0.2) is 0 Å². The minimum atomic E-state index is 0.447. The van der Waals surface area contributed by atoms with Crippen LogP contribution in [0.4, 0.5) is 0 Å². The normalized spacial score (nSPS) is 27.7. The van der Waals surface area contributed by atoms with Crippen molar-refractivity contribution in [2.75, 3.05) is 27.2 Å². The molecule has 1 fully saturated rings. The number of nitrogens with zero attached hydrogens (tertiary/aromatic N) is 1. The molecule has 0 bridgehead atoms. The molecule has 17 heavy (non-hydrogen) atoms. The molecule has 0 aromatic rings. The molecule has 0 aliphatic carbocycles. The predicted molar refractivity (Wildman–Crippen MR) is 73.4 cm³/mol. The molecular formula is C14H30N2O. The van der Waals surface area contributed by atoms with E-state index in [1.54, 1.807) is 0 Å². The molecule has 1 saturated heterocycles. The average molecular weight is 242 g/mol. The molecule has 0 aromatic carbocycles. The predicted octanol–water partition coefficient (Wildman–Crippen LogP) is 2.12. The smallest absolute Gasteiger partial charge is 0.0612 e. The zero-order chi connectivity index (χ0) is 12.8. The van der Waals surface area contributed by atoms with Gasteiger partial charge in [0.2, 0.25) is 0 Å². The molecule has 3 heteroatoms. The largest absolute Gasteiger partial charge is 0.378 e. The van der Waals surface area contributed by atoms with Crippen molar-refractivity contribution in [2.24, 2.45) is 5.92 Å². The summed E-state index contributed by atoms with van der Waals surface area (Å²) in [5, 5.41) is 3.75. The molecule has 1 aliphatic rings. The molecule has 1 rings (SSSR count). The van der Waals surface area contributed by atoms with Gasteiger partial charge in [-0.05, 0) is 52.7 Å². The van der Waals surface area contributed by atoms with Crippen molar-refractivity contribution in [3.05, 3.63) is 0 Å². The monoisotopic (exact) mass is 242 g/mol. The highest BCUT2D eigenvalue weighted by Gasteiger charge is 2.25. The van der Waals surface area contributed by atoms with E-state index >= 15 is 0 Å². The van der Waals surface area contributed by atoms with E-state index in [9.17, 15) is 0 Å². The van der Waals surface area contributed by atoms with Crippen molar-refractivity contribution in [1.82, 2.24) is 10.2 Å². The third-order valence-corrected chi connectivity index (χ3v) is 3.59. The fraction of sp³-hybridized carbons (Fsp3) is 1.00. The van der Waals surface area contributed by atoms with Crippen LogP contribution in [0, 0.1) is 5.92 Å². The van der Waals surface area contributed by atoms with E-state index in [0.29, 0.717) is 24.1 Å². The molecule has 0 amide bonds. The topological polar surface area (TPSA) is 24.5 Å². The second-order valence-corrected chi connectivity index (χ2v) is 6.03. The number of hydrogen-bond acceptors (Lipinski definition) is 3. The maximum absolute atomic E-state index is 5.80. The Bertz CT molecular complexity index is 206. The van der Waals surface area contributed by atoms with Gasteiger partial charge >= 0.3 is 0 Å². The van der Waals surface area contributed by atoms with E-state index in [-0.39, 0.29) is 0 Å². The Morgan fingerprint density at radius 2 is 2.00 bits per heavy atom. The van der Waals surface area contributed by atoms with E-state index in [4.69, 9.17) is 4.74 Å². The van der Waals surface area contributed by atoms with Gasteiger partial charge < -0.3 is 15.0 Å². The van der Waals surface area contributed by atoms with Gasteiger partial charge in [0.1, 0.15) is 0 Å². The Balaban J connectivity index is 2.25. The second kappa shape index (κ2) is 7.34. The van der Waals surface area contributed by atoms with Crippen molar-refractivity contribution >= 4 is 0 Å². The summed E-state index contributed by atoms with van der Waals surface area (Å²) in [7, 11) is 4.27. The van der Waals surface area contributed by atoms with Gasteiger partial charge in [-0.3, -0.25) is 0 Å². The van der Waals surface area contributed by atoms with Crippen LogP contribution >= 0.6 is 0 Å². The van der Waals surface area contributed by atoms with E-state index < -0.39 is 0 Å². The first-order chi connectivity index (χ1) is 7.99. The maximum Gasteiger partial charge on any atom is 0.0612 e. The van der Waals surface area contributed by atoms with Gasteiger partial charge in [0.05, 0.1) is 6.10 Å². The molecule has 1 aliphatic heterocycles. The zero-order valence-corrected chi connectivity index (χ0v) is 12.2. The van der Waals surface area contributed by atoms with Gasteiger partial charge in [-0.2, -0.15) is 0 Å². The van der Waals surface area contributed by atoms with Crippen molar-refractivity contribution in [3.8, 4) is 0 Å². The summed E-state index contributed by atoms with van der Waals surface area (Å²) in [5.74, 6) is 0.636. The number of nitrogens with one attached hydrogen (secondary N) is 1.